The Morgan fingerprint density at radius 3 is 2.85 bits per heavy atom. The normalized spacial score (nSPS) is 10.2. The van der Waals surface area contributed by atoms with Gasteiger partial charge in [0, 0.05) is 31.4 Å². The molecular formula is C14H16N4O2. The molecular weight excluding hydrogens is 256 g/mol. The van der Waals surface area contributed by atoms with E-state index in [-0.39, 0.29) is 5.69 Å². The van der Waals surface area contributed by atoms with Crippen LogP contribution in [0, 0.1) is 10.1 Å². The van der Waals surface area contributed by atoms with E-state index in [1.54, 1.807) is 24.5 Å². The maximum atomic E-state index is 11.1. The molecule has 0 fully saturated rings. The quantitative estimate of drug-likeness (QED) is 0.646. The third-order valence-corrected chi connectivity index (χ3v) is 2.80. The lowest BCUT2D eigenvalue weighted by molar-refractivity contribution is -0.385. The first kappa shape index (κ1) is 13.9. The largest absolute Gasteiger partial charge is 0.370 e. The number of rotatable bonds is 6. The van der Waals surface area contributed by atoms with E-state index >= 15 is 0 Å². The number of pyridine rings is 2. The summed E-state index contributed by atoms with van der Waals surface area (Å²) in [5, 5.41) is 14.2. The van der Waals surface area contributed by atoms with Gasteiger partial charge >= 0.3 is 0 Å². The highest BCUT2D eigenvalue weighted by molar-refractivity contribution is 5.46. The van der Waals surface area contributed by atoms with Gasteiger partial charge in [0.15, 0.2) is 0 Å². The van der Waals surface area contributed by atoms with Gasteiger partial charge in [0.2, 0.25) is 0 Å². The smallest absolute Gasteiger partial charge is 0.291 e. The van der Waals surface area contributed by atoms with Gasteiger partial charge in [-0.15, -0.1) is 0 Å². The zero-order chi connectivity index (χ0) is 14.4. The Hall–Kier alpha value is -2.50. The molecule has 6 heteroatoms. The topological polar surface area (TPSA) is 81.0 Å². The van der Waals surface area contributed by atoms with E-state index in [0.29, 0.717) is 17.9 Å². The monoisotopic (exact) mass is 272 g/mol. The predicted octanol–water partition coefficient (Wildman–Crippen LogP) is 2.80. The van der Waals surface area contributed by atoms with Crippen LogP contribution in [0.25, 0.3) is 0 Å². The minimum absolute atomic E-state index is 0.0379. The lowest BCUT2D eigenvalue weighted by Crippen LogP contribution is -2.06. The van der Waals surface area contributed by atoms with Crippen LogP contribution in [0.3, 0.4) is 0 Å². The molecule has 0 radical (unpaired) electrons. The molecule has 0 spiro atoms. The lowest BCUT2D eigenvalue weighted by atomic mass is 10.1. The molecule has 0 unspecified atom stereocenters. The molecule has 0 saturated carbocycles. The van der Waals surface area contributed by atoms with Gasteiger partial charge in [-0.05, 0) is 24.1 Å². The van der Waals surface area contributed by atoms with Crippen LogP contribution < -0.4 is 5.32 Å². The van der Waals surface area contributed by atoms with Crippen molar-refractivity contribution in [2.75, 3.05) is 11.9 Å². The molecule has 1 N–H and O–H groups in total. The standard InChI is InChI=1S/C14H16N4O2/c1-2-7-16-14-6-5-13(18(19)20)12(17-14)9-11-4-3-8-15-10-11/h3-6,8,10H,2,7,9H2,1H3,(H,16,17). The van der Waals surface area contributed by atoms with Crippen molar-refractivity contribution in [2.45, 2.75) is 19.8 Å². The van der Waals surface area contributed by atoms with Crippen molar-refractivity contribution in [3.05, 3.63) is 58.0 Å². The van der Waals surface area contributed by atoms with E-state index in [1.165, 1.54) is 6.07 Å². The Balaban J connectivity index is 2.29. The highest BCUT2D eigenvalue weighted by Crippen LogP contribution is 2.21. The first-order chi connectivity index (χ1) is 9.70. The molecule has 2 rings (SSSR count). The molecule has 0 amide bonds. The number of anilines is 1. The Bertz CT molecular complexity index is 587. The second-order valence-corrected chi connectivity index (χ2v) is 4.38. The SMILES string of the molecule is CCCNc1ccc([N+](=O)[O-])c(Cc2cccnc2)n1. The summed E-state index contributed by atoms with van der Waals surface area (Å²) in [4.78, 5) is 19.0. The van der Waals surface area contributed by atoms with Crippen molar-refractivity contribution in [3.8, 4) is 0 Å². The fraction of sp³-hybridized carbons (Fsp3) is 0.286. The van der Waals surface area contributed by atoms with E-state index < -0.39 is 4.92 Å². The summed E-state index contributed by atoms with van der Waals surface area (Å²) in [5.41, 5.74) is 1.38. The minimum atomic E-state index is -0.400. The number of nitrogens with zero attached hydrogens (tertiary/aromatic N) is 3. The first-order valence-electron chi connectivity index (χ1n) is 6.47. The van der Waals surface area contributed by atoms with Crippen LogP contribution >= 0.6 is 0 Å². The van der Waals surface area contributed by atoms with Crippen LogP contribution in [-0.4, -0.2) is 21.4 Å². The molecule has 0 aliphatic carbocycles. The van der Waals surface area contributed by atoms with Gasteiger partial charge < -0.3 is 5.32 Å². The van der Waals surface area contributed by atoms with Gasteiger partial charge in [0.25, 0.3) is 5.69 Å². The number of hydrogen-bond donors (Lipinski definition) is 1. The summed E-state index contributed by atoms with van der Waals surface area (Å²) in [6.07, 6.45) is 4.73. The molecule has 20 heavy (non-hydrogen) atoms. The molecule has 0 bridgehead atoms. The number of nitrogens with one attached hydrogen (secondary N) is 1. The first-order valence-corrected chi connectivity index (χ1v) is 6.47. The van der Waals surface area contributed by atoms with Crippen LogP contribution in [0.2, 0.25) is 0 Å². The van der Waals surface area contributed by atoms with Crippen LogP contribution in [0.4, 0.5) is 11.5 Å². The van der Waals surface area contributed by atoms with Crippen LogP contribution in [0.5, 0.6) is 0 Å². The Labute approximate surface area is 117 Å². The second-order valence-electron chi connectivity index (χ2n) is 4.38. The lowest BCUT2D eigenvalue weighted by Gasteiger charge is -2.07. The zero-order valence-corrected chi connectivity index (χ0v) is 11.2. The predicted molar refractivity (Wildman–Crippen MR) is 76.7 cm³/mol. The highest BCUT2D eigenvalue weighted by Gasteiger charge is 2.16. The number of nitro groups is 1. The summed E-state index contributed by atoms with van der Waals surface area (Å²) >= 11 is 0. The summed E-state index contributed by atoms with van der Waals surface area (Å²) in [7, 11) is 0. The third kappa shape index (κ3) is 3.50. The Kier molecular flexibility index (Phi) is 4.60. The molecule has 2 aromatic rings. The summed E-state index contributed by atoms with van der Waals surface area (Å²) in [6.45, 7) is 2.84. The average Bonchev–Trinajstić information content (AvgIpc) is 2.46. The van der Waals surface area contributed by atoms with Crippen molar-refractivity contribution in [1.29, 1.82) is 0 Å². The van der Waals surface area contributed by atoms with E-state index in [0.717, 1.165) is 18.5 Å². The van der Waals surface area contributed by atoms with Gasteiger partial charge in [0.05, 0.1) is 4.92 Å². The highest BCUT2D eigenvalue weighted by atomic mass is 16.6. The van der Waals surface area contributed by atoms with Crippen LogP contribution in [0.1, 0.15) is 24.6 Å². The zero-order valence-electron chi connectivity index (χ0n) is 11.2. The van der Waals surface area contributed by atoms with Crippen molar-refractivity contribution in [3.63, 3.8) is 0 Å². The van der Waals surface area contributed by atoms with Crippen LogP contribution in [0.15, 0.2) is 36.7 Å². The Morgan fingerprint density at radius 1 is 1.35 bits per heavy atom. The fourth-order valence-electron chi connectivity index (χ4n) is 1.84. The van der Waals surface area contributed by atoms with Gasteiger partial charge in [-0.2, -0.15) is 0 Å². The summed E-state index contributed by atoms with van der Waals surface area (Å²) in [6, 6.07) is 6.82. The van der Waals surface area contributed by atoms with Gasteiger partial charge in [0.1, 0.15) is 11.5 Å². The van der Waals surface area contributed by atoms with E-state index in [1.807, 2.05) is 6.07 Å². The van der Waals surface area contributed by atoms with Crippen molar-refractivity contribution < 1.29 is 4.92 Å². The minimum Gasteiger partial charge on any atom is -0.370 e. The number of aromatic nitrogens is 2. The van der Waals surface area contributed by atoms with Crippen molar-refractivity contribution >= 4 is 11.5 Å². The molecule has 6 nitrogen and oxygen atoms in total. The van der Waals surface area contributed by atoms with E-state index in [2.05, 4.69) is 22.2 Å². The second kappa shape index (κ2) is 6.60. The van der Waals surface area contributed by atoms with E-state index in [4.69, 9.17) is 0 Å². The van der Waals surface area contributed by atoms with Gasteiger partial charge in [-0.3, -0.25) is 15.1 Å². The average molecular weight is 272 g/mol. The summed E-state index contributed by atoms with van der Waals surface area (Å²) in [5.74, 6) is 0.663. The summed E-state index contributed by atoms with van der Waals surface area (Å²) < 4.78 is 0. The molecule has 0 saturated heterocycles. The molecule has 2 heterocycles. The van der Waals surface area contributed by atoms with Gasteiger partial charge in [-0.1, -0.05) is 13.0 Å². The fourth-order valence-corrected chi connectivity index (χ4v) is 1.84. The van der Waals surface area contributed by atoms with Gasteiger partial charge in [-0.25, -0.2) is 4.98 Å². The Morgan fingerprint density at radius 2 is 2.20 bits per heavy atom. The molecule has 0 aliphatic heterocycles. The van der Waals surface area contributed by atoms with E-state index in [9.17, 15) is 10.1 Å². The number of hydrogen-bond acceptors (Lipinski definition) is 5. The van der Waals surface area contributed by atoms with Crippen LogP contribution in [-0.2, 0) is 6.42 Å². The molecule has 104 valence electrons. The van der Waals surface area contributed by atoms with Crippen molar-refractivity contribution in [1.82, 2.24) is 9.97 Å². The van der Waals surface area contributed by atoms with Crippen molar-refractivity contribution in [2.24, 2.45) is 0 Å². The third-order valence-electron chi connectivity index (χ3n) is 2.80. The molecule has 0 aromatic carbocycles. The molecule has 0 atom stereocenters. The molecule has 2 aromatic heterocycles. The maximum absolute atomic E-state index is 11.1. The molecule has 0 aliphatic rings. The maximum Gasteiger partial charge on any atom is 0.291 e.